The zero-order valence-electron chi connectivity index (χ0n) is 14.3. The average molecular weight is 370 g/mol. The van der Waals surface area contributed by atoms with Crippen LogP contribution in [0.3, 0.4) is 0 Å². The van der Waals surface area contributed by atoms with Gasteiger partial charge >= 0.3 is 21.7 Å². The van der Waals surface area contributed by atoms with Crippen molar-refractivity contribution in [3.05, 3.63) is 21.9 Å². The Bertz CT molecular complexity index is 395. The van der Waals surface area contributed by atoms with Gasteiger partial charge in [-0.15, -0.1) is 0 Å². The molecule has 0 bridgehead atoms. The van der Waals surface area contributed by atoms with E-state index in [0.29, 0.717) is 5.92 Å². The first kappa shape index (κ1) is 25.9. The van der Waals surface area contributed by atoms with E-state index < -0.39 is 8.24 Å². The van der Waals surface area contributed by atoms with E-state index in [1.807, 2.05) is 0 Å². The Labute approximate surface area is 154 Å². The molecule has 1 unspecified atom stereocenters. The maximum atomic E-state index is 3.89. The number of halogens is 2. The van der Waals surface area contributed by atoms with Gasteiger partial charge in [-0.1, -0.05) is 36.4 Å². The summed E-state index contributed by atoms with van der Waals surface area (Å²) in [7, 11) is -1.53. The van der Waals surface area contributed by atoms with Crippen molar-refractivity contribution in [1.29, 1.82) is 0 Å². The van der Waals surface area contributed by atoms with Crippen LogP contribution in [0.15, 0.2) is 21.9 Å². The van der Waals surface area contributed by atoms with Crippen molar-refractivity contribution >= 4 is 8.24 Å². The smallest absolute Gasteiger partial charge is 1.00 e. The third-order valence-corrected chi connectivity index (χ3v) is 7.53. The van der Waals surface area contributed by atoms with Gasteiger partial charge < -0.3 is 29.8 Å². The Hall–Kier alpha value is 0.951. The summed E-state index contributed by atoms with van der Waals surface area (Å²) in [5.41, 5.74) is 4.83. The van der Waals surface area contributed by atoms with Crippen molar-refractivity contribution in [1.82, 2.24) is 4.98 Å². The molecule has 1 aliphatic carbocycles. The standard InChI is InChI=1S/C15H29NSi.2ClH.Ti/c1-10-11(2)13(4)14(12(10)3)17(8,9)16-15(5,6)7;;;/h12,16H,1-9H3;2*1H;/q;;;+2/p-2. The molecular weight excluding hydrogens is 341 g/mol. The fraction of sp³-hybridized carbons (Fsp3) is 0.733. The summed E-state index contributed by atoms with van der Waals surface area (Å²) in [6.07, 6.45) is 0. The van der Waals surface area contributed by atoms with Gasteiger partial charge in [0.15, 0.2) is 0 Å². The monoisotopic (exact) mass is 369 g/mol. The summed E-state index contributed by atoms with van der Waals surface area (Å²) in [6.45, 7) is 20.9. The molecule has 116 valence electrons. The maximum Gasteiger partial charge on any atom is 2.00 e. The topological polar surface area (TPSA) is 12.0 Å². The van der Waals surface area contributed by atoms with Crippen molar-refractivity contribution < 1.29 is 46.5 Å². The second-order valence-electron chi connectivity index (χ2n) is 7.07. The number of allylic oxidation sites excluding steroid dienone is 4. The van der Waals surface area contributed by atoms with Crippen LogP contribution in [0, 0.1) is 5.92 Å². The van der Waals surface area contributed by atoms with Crippen LogP contribution in [0.5, 0.6) is 0 Å². The minimum absolute atomic E-state index is 0. The van der Waals surface area contributed by atoms with Gasteiger partial charge in [0.2, 0.25) is 0 Å². The van der Waals surface area contributed by atoms with Gasteiger partial charge in [0.05, 0.1) is 0 Å². The zero-order valence-corrected chi connectivity index (χ0v) is 18.4. The molecule has 0 aliphatic heterocycles. The van der Waals surface area contributed by atoms with Crippen LogP contribution in [-0.4, -0.2) is 13.8 Å². The molecule has 0 aromatic carbocycles. The van der Waals surface area contributed by atoms with Crippen LogP contribution in [0.4, 0.5) is 0 Å². The second-order valence-corrected chi connectivity index (χ2v) is 11.1. The molecule has 0 fully saturated rings. The van der Waals surface area contributed by atoms with E-state index in [1.165, 1.54) is 5.57 Å². The normalized spacial score (nSPS) is 19.4. The molecule has 0 aromatic heterocycles. The third-order valence-electron chi connectivity index (χ3n) is 4.00. The molecule has 1 N–H and O–H groups in total. The van der Waals surface area contributed by atoms with Crippen LogP contribution in [-0.2, 0) is 21.7 Å². The SMILES string of the molecule is CC1=C(C)C(C)C([Si](C)(C)NC(C)(C)C)=C1C.[Cl-].[Cl-].[Ti+2]. The largest absolute Gasteiger partial charge is 2.00 e. The molecule has 1 nitrogen and oxygen atoms in total. The molecular formula is C15H29Cl2NSiTi. The number of hydrogen-bond acceptors (Lipinski definition) is 1. The van der Waals surface area contributed by atoms with Crippen molar-refractivity contribution in [2.75, 3.05) is 0 Å². The summed E-state index contributed by atoms with van der Waals surface area (Å²) in [5, 5.41) is 1.70. The van der Waals surface area contributed by atoms with Gasteiger partial charge in [0, 0.05) is 5.54 Å². The summed E-state index contributed by atoms with van der Waals surface area (Å²) in [5.74, 6) is 0.631. The number of nitrogens with one attached hydrogen (secondary N) is 1. The van der Waals surface area contributed by atoms with Crippen molar-refractivity contribution in [2.45, 2.75) is 67.1 Å². The Morgan fingerprint density at radius 1 is 0.950 bits per heavy atom. The fourth-order valence-corrected chi connectivity index (χ4v) is 7.81. The van der Waals surface area contributed by atoms with Crippen molar-refractivity contribution in [3.63, 3.8) is 0 Å². The predicted molar refractivity (Wildman–Crippen MR) is 80.6 cm³/mol. The van der Waals surface area contributed by atoms with E-state index in [-0.39, 0.29) is 52.1 Å². The first-order chi connectivity index (χ1) is 7.47. The van der Waals surface area contributed by atoms with Crippen LogP contribution in [0.1, 0.15) is 48.5 Å². The summed E-state index contributed by atoms with van der Waals surface area (Å²) < 4.78 is 0. The van der Waals surface area contributed by atoms with Gasteiger partial charge in [0.1, 0.15) is 8.24 Å². The minimum Gasteiger partial charge on any atom is -1.00 e. The second kappa shape index (κ2) is 8.55. The molecule has 0 heterocycles. The van der Waals surface area contributed by atoms with Crippen LogP contribution >= 0.6 is 0 Å². The van der Waals surface area contributed by atoms with Crippen LogP contribution < -0.4 is 29.8 Å². The Morgan fingerprint density at radius 3 is 1.60 bits per heavy atom. The minimum atomic E-state index is -1.53. The van der Waals surface area contributed by atoms with E-state index >= 15 is 0 Å². The maximum absolute atomic E-state index is 3.89. The summed E-state index contributed by atoms with van der Waals surface area (Å²) in [4.78, 5) is 3.89. The number of rotatable bonds is 2. The third kappa shape index (κ3) is 5.62. The van der Waals surface area contributed by atoms with Crippen molar-refractivity contribution in [2.24, 2.45) is 5.92 Å². The van der Waals surface area contributed by atoms with Crippen LogP contribution in [0.2, 0.25) is 13.1 Å². The fourth-order valence-electron chi connectivity index (χ4n) is 3.38. The average Bonchev–Trinajstić information content (AvgIpc) is 2.27. The van der Waals surface area contributed by atoms with E-state index in [0.717, 1.165) is 0 Å². The Balaban J connectivity index is -0.000000963. The molecule has 0 amide bonds. The van der Waals surface area contributed by atoms with E-state index in [2.05, 4.69) is 66.5 Å². The van der Waals surface area contributed by atoms with Gasteiger partial charge in [-0.25, -0.2) is 0 Å². The van der Waals surface area contributed by atoms with Gasteiger partial charge in [0.25, 0.3) is 0 Å². The van der Waals surface area contributed by atoms with Gasteiger partial charge in [-0.3, -0.25) is 0 Å². The van der Waals surface area contributed by atoms with Crippen molar-refractivity contribution in [3.8, 4) is 0 Å². The molecule has 0 spiro atoms. The van der Waals surface area contributed by atoms with E-state index in [4.69, 9.17) is 0 Å². The van der Waals surface area contributed by atoms with Crippen LogP contribution in [0.25, 0.3) is 0 Å². The summed E-state index contributed by atoms with van der Waals surface area (Å²) in [6, 6.07) is 0. The first-order valence-corrected chi connectivity index (χ1v) is 9.65. The Morgan fingerprint density at radius 2 is 1.35 bits per heavy atom. The number of hydrogen-bond donors (Lipinski definition) is 1. The molecule has 0 aromatic rings. The van der Waals surface area contributed by atoms with E-state index in [9.17, 15) is 0 Å². The van der Waals surface area contributed by atoms with Gasteiger partial charge in [-0.2, -0.15) is 0 Å². The molecule has 20 heavy (non-hydrogen) atoms. The first-order valence-electron chi connectivity index (χ1n) is 6.65. The predicted octanol–water partition coefficient (Wildman–Crippen LogP) is -1.57. The molecule has 5 heteroatoms. The quantitative estimate of drug-likeness (QED) is 0.580. The van der Waals surface area contributed by atoms with Gasteiger partial charge in [-0.05, 0) is 53.0 Å². The van der Waals surface area contributed by atoms with E-state index in [1.54, 1.807) is 16.3 Å². The summed E-state index contributed by atoms with van der Waals surface area (Å²) >= 11 is 0. The molecule has 0 saturated heterocycles. The molecule has 1 aliphatic rings. The molecule has 1 rings (SSSR count). The Kier molecular flexibility index (Phi) is 11.1. The molecule has 0 radical (unpaired) electrons. The zero-order chi connectivity index (χ0) is 13.6. The molecule has 1 atom stereocenters. The molecule has 0 saturated carbocycles.